The molecule has 1 saturated heterocycles. The average Bonchev–Trinajstić information content (AvgIpc) is 2.82. The molecule has 0 atom stereocenters. The van der Waals surface area contributed by atoms with Crippen LogP contribution in [0.2, 0.25) is 0 Å². The van der Waals surface area contributed by atoms with E-state index in [9.17, 15) is 9.59 Å². The first-order chi connectivity index (χ1) is 15.7. The lowest BCUT2D eigenvalue weighted by atomic mass is 9.83. The van der Waals surface area contributed by atoms with E-state index in [0.29, 0.717) is 32.7 Å². The Morgan fingerprint density at radius 2 is 1.67 bits per heavy atom. The Hall–Kier alpha value is -3.17. The van der Waals surface area contributed by atoms with Crippen LogP contribution in [0, 0.1) is 25.2 Å². The van der Waals surface area contributed by atoms with Gasteiger partial charge in [0.1, 0.15) is 0 Å². The van der Waals surface area contributed by atoms with Gasteiger partial charge in [-0.25, -0.2) is 0 Å². The van der Waals surface area contributed by atoms with E-state index in [-0.39, 0.29) is 24.8 Å². The minimum absolute atomic E-state index is 0.0158. The number of hydrogen-bond donors (Lipinski definition) is 0. The number of carbonyl (C=O) groups is 2. The Morgan fingerprint density at radius 1 is 1.00 bits per heavy atom. The molecule has 2 aromatic rings. The predicted octanol–water partition coefficient (Wildman–Crippen LogP) is 3.67. The largest absolute Gasteiger partial charge is 0.339 e. The van der Waals surface area contributed by atoms with E-state index in [1.54, 1.807) is 4.90 Å². The summed E-state index contributed by atoms with van der Waals surface area (Å²) in [6.45, 7) is 11.2. The zero-order valence-corrected chi connectivity index (χ0v) is 20.2. The van der Waals surface area contributed by atoms with E-state index in [4.69, 9.17) is 5.26 Å². The molecule has 3 rings (SSSR count). The Bertz CT molecular complexity index is 1020. The van der Waals surface area contributed by atoms with Crippen LogP contribution in [0.3, 0.4) is 0 Å². The molecule has 0 radical (unpaired) electrons. The normalized spacial score (nSPS) is 14.6. The van der Waals surface area contributed by atoms with Crippen molar-refractivity contribution >= 4 is 17.5 Å². The first-order valence-electron chi connectivity index (χ1n) is 11.6. The van der Waals surface area contributed by atoms with Crippen molar-refractivity contribution in [2.75, 3.05) is 44.2 Å². The van der Waals surface area contributed by atoms with Crippen molar-refractivity contribution in [3.05, 3.63) is 65.2 Å². The van der Waals surface area contributed by atoms with Crippen LogP contribution in [0.4, 0.5) is 5.69 Å². The van der Waals surface area contributed by atoms with Gasteiger partial charge in [0, 0.05) is 38.4 Å². The van der Waals surface area contributed by atoms with Crippen molar-refractivity contribution in [3.63, 3.8) is 0 Å². The molecule has 0 spiro atoms. The number of nitrogens with zero attached hydrogens (tertiary/aromatic N) is 4. The Kier molecular flexibility index (Phi) is 7.88. The van der Waals surface area contributed by atoms with Gasteiger partial charge in [-0.2, -0.15) is 5.26 Å². The van der Waals surface area contributed by atoms with Crippen LogP contribution >= 0.6 is 0 Å². The number of carbonyl (C=O) groups excluding carboxylic acids is 2. The molecule has 0 unspecified atom stereocenters. The summed E-state index contributed by atoms with van der Waals surface area (Å²) in [4.78, 5) is 32.1. The highest BCUT2D eigenvalue weighted by molar-refractivity contribution is 5.95. The molecule has 0 bridgehead atoms. The van der Waals surface area contributed by atoms with Gasteiger partial charge in [-0.3, -0.25) is 14.5 Å². The molecular weight excluding hydrogens is 412 g/mol. The van der Waals surface area contributed by atoms with E-state index in [1.807, 2.05) is 81.1 Å². The van der Waals surface area contributed by atoms with Crippen LogP contribution in [0.1, 0.15) is 37.0 Å². The maximum absolute atomic E-state index is 13.2. The van der Waals surface area contributed by atoms with E-state index in [1.165, 1.54) is 5.56 Å². The van der Waals surface area contributed by atoms with Gasteiger partial charge in [-0.15, -0.1) is 0 Å². The van der Waals surface area contributed by atoms with Gasteiger partial charge in [0.25, 0.3) is 0 Å². The number of piperazine rings is 1. The molecule has 0 aliphatic carbocycles. The first-order valence-corrected chi connectivity index (χ1v) is 11.6. The molecule has 0 N–H and O–H groups in total. The zero-order valence-electron chi connectivity index (χ0n) is 20.2. The second kappa shape index (κ2) is 10.6. The van der Waals surface area contributed by atoms with Gasteiger partial charge in [0.15, 0.2) is 0 Å². The molecule has 2 amide bonds. The van der Waals surface area contributed by atoms with Gasteiger partial charge < -0.3 is 9.80 Å². The smallest absolute Gasteiger partial charge is 0.241 e. The summed E-state index contributed by atoms with van der Waals surface area (Å²) in [5.74, 6) is 0.100. The standard InChI is InChI=1S/C27H34N4O2/c1-21-11-12-24(19-22(21)2)31(14-8-13-28)25(32)20-29-15-17-30(18-16-29)26(33)27(3,4)23-9-6-5-7-10-23/h5-7,9-12,19H,8,14-18,20H2,1-4H3. The van der Waals surface area contributed by atoms with Crippen molar-refractivity contribution in [2.45, 2.75) is 39.5 Å². The second-order valence-electron chi connectivity index (χ2n) is 9.28. The molecule has 1 aliphatic heterocycles. The molecule has 2 aromatic carbocycles. The minimum Gasteiger partial charge on any atom is -0.339 e. The van der Waals surface area contributed by atoms with Crippen LogP contribution in [0.25, 0.3) is 0 Å². The molecule has 1 fully saturated rings. The van der Waals surface area contributed by atoms with Crippen molar-refractivity contribution < 1.29 is 9.59 Å². The quantitative estimate of drug-likeness (QED) is 0.651. The van der Waals surface area contributed by atoms with E-state index < -0.39 is 5.41 Å². The lowest BCUT2D eigenvalue weighted by Crippen LogP contribution is -2.54. The lowest BCUT2D eigenvalue weighted by Gasteiger charge is -2.39. The molecule has 0 aromatic heterocycles. The maximum atomic E-state index is 13.2. The van der Waals surface area contributed by atoms with E-state index >= 15 is 0 Å². The molecule has 6 heteroatoms. The summed E-state index contributed by atoms with van der Waals surface area (Å²) < 4.78 is 0. The van der Waals surface area contributed by atoms with Gasteiger partial charge >= 0.3 is 0 Å². The summed E-state index contributed by atoms with van der Waals surface area (Å²) in [5, 5.41) is 9.06. The summed E-state index contributed by atoms with van der Waals surface area (Å²) >= 11 is 0. The predicted molar refractivity (Wildman–Crippen MR) is 131 cm³/mol. The molecule has 174 valence electrons. The average molecular weight is 447 g/mol. The number of aryl methyl sites for hydroxylation is 2. The van der Waals surface area contributed by atoms with Gasteiger partial charge in [0.05, 0.1) is 24.4 Å². The van der Waals surface area contributed by atoms with Crippen molar-refractivity contribution in [1.82, 2.24) is 9.80 Å². The van der Waals surface area contributed by atoms with E-state index in [2.05, 4.69) is 11.0 Å². The zero-order chi connectivity index (χ0) is 24.0. The van der Waals surface area contributed by atoms with Crippen molar-refractivity contribution in [1.29, 1.82) is 5.26 Å². The van der Waals surface area contributed by atoms with Crippen LogP contribution in [-0.2, 0) is 15.0 Å². The maximum Gasteiger partial charge on any atom is 0.241 e. The highest BCUT2D eigenvalue weighted by Gasteiger charge is 2.35. The number of benzene rings is 2. The van der Waals surface area contributed by atoms with Gasteiger partial charge in [-0.05, 0) is 56.5 Å². The third-order valence-electron chi connectivity index (χ3n) is 6.60. The monoisotopic (exact) mass is 446 g/mol. The van der Waals surface area contributed by atoms with Crippen molar-refractivity contribution in [3.8, 4) is 6.07 Å². The molecule has 1 aliphatic rings. The highest BCUT2D eigenvalue weighted by Crippen LogP contribution is 2.26. The number of rotatable bonds is 7. The molecule has 6 nitrogen and oxygen atoms in total. The van der Waals surface area contributed by atoms with Gasteiger partial charge in [0.2, 0.25) is 11.8 Å². The van der Waals surface area contributed by atoms with Gasteiger partial charge in [-0.1, -0.05) is 36.4 Å². The third-order valence-corrected chi connectivity index (χ3v) is 6.60. The Labute approximate surface area is 197 Å². The fourth-order valence-corrected chi connectivity index (χ4v) is 4.21. The number of anilines is 1. The van der Waals surface area contributed by atoms with Crippen LogP contribution in [-0.4, -0.2) is 60.9 Å². The Balaban J connectivity index is 1.61. The fourth-order valence-electron chi connectivity index (χ4n) is 4.21. The topological polar surface area (TPSA) is 67.7 Å². The summed E-state index contributed by atoms with van der Waals surface area (Å²) in [5.41, 5.74) is 3.54. The van der Waals surface area contributed by atoms with Crippen LogP contribution in [0.5, 0.6) is 0 Å². The number of amides is 2. The fraction of sp³-hybridized carbons (Fsp3) is 0.444. The molecule has 1 heterocycles. The minimum atomic E-state index is -0.587. The second-order valence-corrected chi connectivity index (χ2v) is 9.28. The number of hydrogen-bond acceptors (Lipinski definition) is 4. The molecule has 0 saturated carbocycles. The van der Waals surface area contributed by atoms with Crippen LogP contribution < -0.4 is 4.90 Å². The summed E-state index contributed by atoms with van der Waals surface area (Å²) in [6.07, 6.45) is 0.287. The summed E-state index contributed by atoms with van der Waals surface area (Å²) in [6, 6.07) is 18.0. The summed E-state index contributed by atoms with van der Waals surface area (Å²) in [7, 11) is 0. The lowest BCUT2D eigenvalue weighted by molar-refractivity contribution is -0.138. The Morgan fingerprint density at radius 3 is 2.27 bits per heavy atom. The third kappa shape index (κ3) is 5.80. The van der Waals surface area contributed by atoms with E-state index in [0.717, 1.165) is 16.8 Å². The number of nitriles is 1. The molecular formula is C27H34N4O2. The SMILES string of the molecule is Cc1ccc(N(CCC#N)C(=O)CN2CCN(C(=O)C(C)(C)c3ccccc3)CC2)cc1C. The highest BCUT2D eigenvalue weighted by atomic mass is 16.2. The molecule has 33 heavy (non-hydrogen) atoms. The first kappa shape index (κ1) is 24.5. The van der Waals surface area contributed by atoms with Crippen LogP contribution in [0.15, 0.2) is 48.5 Å². The van der Waals surface area contributed by atoms with Crippen molar-refractivity contribution in [2.24, 2.45) is 0 Å².